The van der Waals surface area contributed by atoms with Gasteiger partial charge in [0.05, 0.1) is 0 Å². The lowest BCUT2D eigenvalue weighted by molar-refractivity contribution is -0.120. The number of anilines is 2. The maximum atomic E-state index is 12.1. The molecule has 1 aromatic carbocycles. The maximum Gasteiger partial charge on any atom is 0.227 e. The quantitative estimate of drug-likeness (QED) is 0.868. The lowest BCUT2D eigenvalue weighted by Crippen LogP contribution is -2.24. The molecule has 1 saturated heterocycles. The van der Waals surface area contributed by atoms with E-state index in [2.05, 4.69) is 36.2 Å². The average molecular weight is 288 g/mol. The summed E-state index contributed by atoms with van der Waals surface area (Å²) in [6.45, 7) is 6.44. The van der Waals surface area contributed by atoms with Crippen LogP contribution in [0.2, 0.25) is 0 Å². The Hall–Kier alpha value is -1.51. The minimum Gasteiger partial charge on any atom is -0.372 e. The number of hydrogen-bond donors (Lipinski definition) is 1. The molecule has 0 spiro atoms. The largest absolute Gasteiger partial charge is 0.372 e. The van der Waals surface area contributed by atoms with Crippen LogP contribution < -0.4 is 10.2 Å². The Bertz CT molecular complexity index is 429. The maximum absolute atomic E-state index is 12.1. The third kappa shape index (κ3) is 4.48. The summed E-state index contributed by atoms with van der Waals surface area (Å²) in [5.41, 5.74) is 2.18. The summed E-state index contributed by atoms with van der Waals surface area (Å²) < 4.78 is 0. The van der Waals surface area contributed by atoms with Gasteiger partial charge in [0.25, 0.3) is 0 Å². The van der Waals surface area contributed by atoms with Crippen molar-refractivity contribution in [1.29, 1.82) is 0 Å². The van der Waals surface area contributed by atoms with E-state index in [0.29, 0.717) is 0 Å². The minimum atomic E-state index is 0.121. The van der Waals surface area contributed by atoms with Gasteiger partial charge in [0.15, 0.2) is 0 Å². The molecule has 0 aliphatic carbocycles. The first-order valence-corrected chi connectivity index (χ1v) is 8.40. The van der Waals surface area contributed by atoms with Crippen molar-refractivity contribution in [1.82, 2.24) is 0 Å². The minimum absolute atomic E-state index is 0.121. The van der Waals surface area contributed by atoms with Gasteiger partial charge in [-0.1, -0.05) is 26.7 Å². The highest BCUT2D eigenvalue weighted by Crippen LogP contribution is 2.22. The monoisotopic (exact) mass is 288 g/mol. The van der Waals surface area contributed by atoms with E-state index in [9.17, 15) is 4.79 Å². The van der Waals surface area contributed by atoms with Gasteiger partial charge in [-0.05, 0) is 49.9 Å². The SMILES string of the molecule is CCC(CC)C(=O)Nc1ccc(N2CCCCCC2)cc1. The second-order valence-electron chi connectivity index (χ2n) is 5.95. The Morgan fingerprint density at radius 1 is 1.05 bits per heavy atom. The summed E-state index contributed by atoms with van der Waals surface area (Å²) in [6, 6.07) is 8.32. The fraction of sp³-hybridized carbons (Fsp3) is 0.611. The molecule has 0 bridgehead atoms. The number of rotatable bonds is 5. The summed E-state index contributed by atoms with van der Waals surface area (Å²) in [6.07, 6.45) is 7.06. The Labute approximate surface area is 128 Å². The molecule has 1 N–H and O–H groups in total. The lowest BCUT2D eigenvalue weighted by atomic mass is 10.0. The molecule has 2 rings (SSSR count). The summed E-state index contributed by atoms with van der Waals surface area (Å²) in [5, 5.41) is 3.03. The van der Waals surface area contributed by atoms with E-state index in [0.717, 1.165) is 31.6 Å². The first-order chi connectivity index (χ1) is 10.2. The van der Waals surface area contributed by atoms with Crippen LogP contribution in [-0.4, -0.2) is 19.0 Å². The number of nitrogens with zero attached hydrogens (tertiary/aromatic N) is 1. The van der Waals surface area contributed by atoms with Gasteiger partial charge in [0.2, 0.25) is 5.91 Å². The molecule has 1 amide bonds. The predicted molar refractivity (Wildman–Crippen MR) is 89.8 cm³/mol. The average Bonchev–Trinajstić information content (AvgIpc) is 2.78. The smallest absolute Gasteiger partial charge is 0.227 e. The molecule has 0 unspecified atom stereocenters. The fourth-order valence-corrected chi connectivity index (χ4v) is 2.99. The summed E-state index contributed by atoms with van der Waals surface area (Å²) in [4.78, 5) is 14.5. The van der Waals surface area contributed by atoms with Crippen molar-refractivity contribution in [3.05, 3.63) is 24.3 Å². The molecule has 1 aromatic rings. The highest BCUT2D eigenvalue weighted by molar-refractivity contribution is 5.92. The fourth-order valence-electron chi connectivity index (χ4n) is 2.99. The van der Waals surface area contributed by atoms with Crippen LogP contribution in [0.15, 0.2) is 24.3 Å². The van der Waals surface area contributed by atoms with Crippen LogP contribution >= 0.6 is 0 Å². The van der Waals surface area contributed by atoms with Crippen molar-refractivity contribution in [3.63, 3.8) is 0 Å². The van der Waals surface area contributed by atoms with E-state index in [-0.39, 0.29) is 11.8 Å². The van der Waals surface area contributed by atoms with E-state index in [1.807, 2.05) is 12.1 Å². The molecular weight excluding hydrogens is 260 g/mol. The van der Waals surface area contributed by atoms with Crippen LogP contribution in [0.3, 0.4) is 0 Å². The van der Waals surface area contributed by atoms with Crippen molar-refractivity contribution in [2.45, 2.75) is 52.4 Å². The van der Waals surface area contributed by atoms with Crippen molar-refractivity contribution < 1.29 is 4.79 Å². The van der Waals surface area contributed by atoms with E-state index in [1.165, 1.54) is 31.4 Å². The standard InChI is InChI=1S/C18H28N2O/c1-3-15(4-2)18(21)19-16-9-11-17(12-10-16)20-13-7-5-6-8-14-20/h9-12,15H,3-8,13-14H2,1-2H3,(H,19,21). The second-order valence-corrected chi connectivity index (χ2v) is 5.95. The molecule has 1 aliphatic rings. The van der Waals surface area contributed by atoms with Crippen molar-refractivity contribution in [2.75, 3.05) is 23.3 Å². The highest BCUT2D eigenvalue weighted by atomic mass is 16.1. The first-order valence-electron chi connectivity index (χ1n) is 8.40. The van der Waals surface area contributed by atoms with Crippen LogP contribution in [-0.2, 0) is 4.79 Å². The Balaban J connectivity index is 1.96. The molecule has 1 aliphatic heterocycles. The van der Waals surface area contributed by atoms with Crippen molar-refractivity contribution in [2.24, 2.45) is 5.92 Å². The number of amides is 1. The lowest BCUT2D eigenvalue weighted by Gasteiger charge is -2.23. The molecule has 3 nitrogen and oxygen atoms in total. The van der Waals surface area contributed by atoms with Crippen LogP contribution in [0.5, 0.6) is 0 Å². The van der Waals surface area contributed by atoms with Gasteiger partial charge in [-0.25, -0.2) is 0 Å². The zero-order valence-corrected chi connectivity index (χ0v) is 13.4. The summed E-state index contributed by atoms with van der Waals surface area (Å²) in [7, 11) is 0. The van der Waals surface area contributed by atoms with Crippen molar-refractivity contribution in [3.8, 4) is 0 Å². The van der Waals surface area contributed by atoms with E-state index >= 15 is 0 Å². The van der Waals surface area contributed by atoms with Crippen LogP contribution in [0.1, 0.15) is 52.4 Å². The Morgan fingerprint density at radius 2 is 1.62 bits per heavy atom. The van der Waals surface area contributed by atoms with Gasteiger partial charge < -0.3 is 10.2 Å². The molecule has 0 aromatic heterocycles. The molecule has 0 atom stereocenters. The molecule has 116 valence electrons. The Morgan fingerprint density at radius 3 is 2.14 bits per heavy atom. The number of hydrogen-bond acceptors (Lipinski definition) is 2. The predicted octanol–water partition coefficient (Wildman–Crippen LogP) is 4.44. The number of carbonyl (C=O) groups excluding carboxylic acids is 1. The van der Waals surface area contributed by atoms with E-state index < -0.39 is 0 Å². The summed E-state index contributed by atoms with van der Waals surface area (Å²) >= 11 is 0. The van der Waals surface area contributed by atoms with Gasteiger partial charge in [0.1, 0.15) is 0 Å². The van der Waals surface area contributed by atoms with E-state index in [4.69, 9.17) is 0 Å². The third-order valence-corrected chi connectivity index (χ3v) is 4.46. The zero-order valence-electron chi connectivity index (χ0n) is 13.4. The zero-order chi connectivity index (χ0) is 15.1. The molecule has 1 fully saturated rings. The van der Waals surface area contributed by atoms with Gasteiger partial charge in [-0.3, -0.25) is 4.79 Å². The highest BCUT2D eigenvalue weighted by Gasteiger charge is 2.14. The number of nitrogens with one attached hydrogen (secondary N) is 1. The molecule has 3 heteroatoms. The van der Waals surface area contributed by atoms with Gasteiger partial charge in [0, 0.05) is 30.4 Å². The first kappa shape index (κ1) is 15.9. The van der Waals surface area contributed by atoms with E-state index in [1.54, 1.807) is 0 Å². The van der Waals surface area contributed by atoms with Crippen LogP contribution in [0, 0.1) is 5.92 Å². The molecular formula is C18H28N2O. The van der Waals surface area contributed by atoms with Crippen molar-refractivity contribution >= 4 is 17.3 Å². The Kier molecular flexibility index (Phi) is 6.09. The molecule has 1 heterocycles. The van der Waals surface area contributed by atoms with Crippen LogP contribution in [0.25, 0.3) is 0 Å². The molecule has 0 saturated carbocycles. The second kappa shape index (κ2) is 8.06. The topological polar surface area (TPSA) is 32.3 Å². The normalized spacial score (nSPS) is 15.9. The number of carbonyl (C=O) groups is 1. The van der Waals surface area contributed by atoms with Gasteiger partial charge in [-0.15, -0.1) is 0 Å². The number of benzene rings is 1. The molecule has 0 radical (unpaired) electrons. The molecule has 21 heavy (non-hydrogen) atoms. The summed E-state index contributed by atoms with van der Waals surface area (Å²) in [5.74, 6) is 0.262. The third-order valence-electron chi connectivity index (χ3n) is 4.46. The van der Waals surface area contributed by atoms with Crippen LogP contribution in [0.4, 0.5) is 11.4 Å². The van der Waals surface area contributed by atoms with Gasteiger partial charge in [-0.2, -0.15) is 0 Å². The van der Waals surface area contributed by atoms with Gasteiger partial charge >= 0.3 is 0 Å².